The lowest BCUT2D eigenvalue weighted by Crippen LogP contribution is -2.06. The molecule has 0 saturated heterocycles. The number of carbonyl (C=O) groups excluding carboxylic acids is 1. The molecule has 2 heterocycles. The second-order valence-corrected chi connectivity index (χ2v) is 7.23. The van der Waals surface area contributed by atoms with E-state index in [9.17, 15) is 4.79 Å². The molecule has 0 bridgehead atoms. The molecule has 3 rings (SSSR count). The molecule has 0 aliphatic heterocycles. The van der Waals surface area contributed by atoms with Crippen LogP contribution in [0.4, 0.5) is 0 Å². The van der Waals surface area contributed by atoms with E-state index >= 15 is 0 Å². The number of carbonyl (C=O) groups is 1. The molecule has 3 aromatic rings. The number of H-pyrrole nitrogens is 1. The van der Waals surface area contributed by atoms with Crippen molar-refractivity contribution in [3.8, 4) is 5.75 Å². The molecule has 0 aliphatic carbocycles. The van der Waals surface area contributed by atoms with Crippen LogP contribution in [0, 0.1) is 4.77 Å². The SMILES string of the molecule is CCC(CC)c1n[nH]c(=S)n1/N=C\c1ccc(OC(=O)c2cccs2)cc1. The van der Waals surface area contributed by atoms with Gasteiger partial charge in [0.2, 0.25) is 4.77 Å². The lowest BCUT2D eigenvalue weighted by Gasteiger charge is -2.10. The first kappa shape index (κ1) is 19.2. The highest BCUT2D eigenvalue weighted by atomic mass is 32.1. The smallest absolute Gasteiger partial charge is 0.353 e. The molecule has 0 saturated carbocycles. The summed E-state index contributed by atoms with van der Waals surface area (Å²) < 4.78 is 7.48. The minimum Gasteiger partial charge on any atom is -0.422 e. The highest BCUT2D eigenvalue weighted by Crippen LogP contribution is 2.21. The number of benzene rings is 1. The third-order valence-electron chi connectivity index (χ3n) is 4.16. The Hall–Kier alpha value is -2.58. The summed E-state index contributed by atoms with van der Waals surface area (Å²) in [7, 11) is 0. The Morgan fingerprint density at radius 2 is 2.07 bits per heavy atom. The largest absolute Gasteiger partial charge is 0.422 e. The standard InChI is InChI=1S/C19H20N4O2S2/c1-3-14(4-2)17-21-22-19(26)23(17)20-12-13-7-9-15(10-8-13)25-18(24)16-6-5-11-27-16/h5-12,14H,3-4H2,1-2H3,(H,22,26)/b20-12-. The fourth-order valence-electron chi connectivity index (χ4n) is 2.63. The first-order chi connectivity index (χ1) is 13.1. The van der Waals surface area contributed by atoms with E-state index in [4.69, 9.17) is 17.0 Å². The summed E-state index contributed by atoms with van der Waals surface area (Å²) in [6.45, 7) is 4.24. The van der Waals surface area contributed by atoms with Gasteiger partial charge in [-0.2, -0.15) is 14.9 Å². The Labute approximate surface area is 166 Å². The fourth-order valence-corrected chi connectivity index (χ4v) is 3.42. The first-order valence-corrected chi connectivity index (χ1v) is 9.98. The number of hydrogen-bond acceptors (Lipinski definition) is 6. The Morgan fingerprint density at radius 1 is 1.33 bits per heavy atom. The van der Waals surface area contributed by atoms with Crippen LogP contribution in [0.15, 0.2) is 46.9 Å². The van der Waals surface area contributed by atoms with Crippen molar-refractivity contribution in [2.24, 2.45) is 5.10 Å². The molecular formula is C19H20N4O2S2. The topological polar surface area (TPSA) is 72.3 Å². The third kappa shape index (κ3) is 4.58. The summed E-state index contributed by atoms with van der Waals surface area (Å²) in [5, 5.41) is 13.4. The van der Waals surface area contributed by atoms with Gasteiger partial charge in [0.25, 0.3) is 0 Å². The number of nitrogens with one attached hydrogen (secondary N) is 1. The van der Waals surface area contributed by atoms with Crippen molar-refractivity contribution in [2.45, 2.75) is 32.6 Å². The van der Waals surface area contributed by atoms with Gasteiger partial charge in [0.15, 0.2) is 5.82 Å². The number of hydrogen-bond donors (Lipinski definition) is 1. The molecule has 6 nitrogen and oxygen atoms in total. The lowest BCUT2D eigenvalue weighted by atomic mass is 10.0. The van der Waals surface area contributed by atoms with Gasteiger partial charge in [-0.05, 0) is 66.3 Å². The van der Waals surface area contributed by atoms with Crippen molar-refractivity contribution in [3.05, 3.63) is 62.8 Å². The van der Waals surface area contributed by atoms with Crippen molar-refractivity contribution >= 4 is 35.7 Å². The number of rotatable bonds is 7. The molecular weight excluding hydrogens is 380 g/mol. The van der Waals surface area contributed by atoms with Crippen molar-refractivity contribution < 1.29 is 9.53 Å². The van der Waals surface area contributed by atoms with E-state index in [1.165, 1.54) is 11.3 Å². The zero-order valence-electron chi connectivity index (χ0n) is 15.1. The quantitative estimate of drug-likeness (QED) is 0.262. The number of nitrogens with zero attached hydrogens (tertiary/aromatic N) is 3. The van der Waals surface area contributed by atoms with Gasteiger partial charge < -0.3 is 4.74 Å². The van der Waals surface area contributed by atoms with E-state index in [0.717, 1.165) is 24.2 Å². The molecule has 8 heteroatoms. The Morgan fingerprint density at radius 3 is 2.70 bits per heavy atom. The minimum absolute atomic E-state index is 0.300. The summed E-state index contributed by atoms with van der Waals surface area (Å²) in [5.74, 6) is 1.27. The third-order valence-corrected chi connectivity index (χ3v) is 5.28. The van der Waals surface area contributed by atoms with Gasteiger partial charge in [-0.3, -0.25) is 5.10 Å². The normalized spacial score (nSPS) is 11.4. The summed E-state index contributed by atoms with van der Waals surface area (Å²) in [6, 6.07) is 10.7. The van der Waals surface area contributed by atoms with Crippen LogP contribution in [0.25, 0.3) is 0 Å². The zero-order chi connectivity index (χ0) is 19.2. The van der Waals surface area contributed by atoms with Crippen LogP contribution in [0.3, 0.4) is 0 Å². The number of aromatic amines is 1. The Bertz CT molecular complexity index is 968. The highest BCUT2D eigenvalue weighted by molar-refractivity contribution is 7.71. The lowest BCUT2D eigenvalue weighted by molar-refractivity contribution is 0.0740. The van der Waals surface area contributed by atoms with Crippen molar-refractivity contribution in [2.75, 3.05) is 0 Å². The summed E-state index contributed by atoms with van der Waals surface area (Å²) in [5.41, 5.74) is 0.865. The van der Waals surface area contributed by atoms with Crippen LogP contribution in [0.5, 0.6) is 5.75 Å². The molecule has 0 aliphatic rings. The molecule has 1 N–H and O–H groups in total. The predicted molar refractivity (Wildman–Crippen MR) is 109 cm³/mol. The van der Waals surface area contributed by atoms with Crippen LogP contribution in [-0.4, -0.2) is 27.1 Å². The monoisotopic (exact) mass is 400 g/mol. The Kier molecular flexibility index (Phi) is 6.31. The maximum atomic E-state index is 12.0. The molecule has 140 valence electrons. The Balaban J connectivity index is 1.73. The molecule has 1 aromatic carbocycles. The fraction of sp³-hybridized carbons (Fsp3) is 0.263. The average molecular weight is 401 g/mol. The van der Waals surface area contributed by atoms with Crippen LogP contribution < -0.4 is 4.74 Å². The average Bonchev–Trinajstić information content (AvgIpc) is 3.33. The maximum Gasteiger partial charge on any atom is 0.353 e. The van der Waals surface area contributed by atoms with Crippen molar-refractivity contribution in [1.29, 1.82) is 0 Å². The second-order valence-electron chi connectivity index (χ2n) is 5.89. The molecule has 0 fully saturated rings. The van der Waals surface area contributed by atoms with Crippen LogP contribution >= 0.6 is 23.6 Å². The van der Waals surface area contributed by atoms with Gasteiger partial charge in [0.1, 0.15) is 10.6 Å². The van der Waals surface area contributed by atoms with E-state index in [1.807, 2.05) is 23.6 Å². The van der Waals surface area contributed by atoms with Gasteiger partial charge >= 0.3 is 5.97 Å². The van der Waals surface area contributed by atoms with Crippen LogP contribution in [0.2, 0.25) is 0 Å². The van der Waals surface area contributed by atoms with Gasteiger partial charge in [-0.25, -0.2) is 4.79 Å². The molecule has 0 amide bonds. The number of esters is 1. The maximum absolute atomic E-state index is 12.0. The van der Waals surface area contributed by atoms with Gasteiger partial charge in [0.05, 0.1) is 6.21 Å². The number of aromatic nitrogens is 3. The zero-order valence-corrected chi connectivity index (χ0v) is 16.7. The van der Waals surface area contributed by atoms with E-state index in [2.05, 4.69) is 29.1 Å². The number of ether oxygens (including phenoxy) is 1. The van der Waals surface area contributed by atoms with Crippen molar-refractivity contribution in [3.63, 3.8) is 0 Å². The van der Waals surface area contributed by atoms with E-state index in [-0.39, 0.29) is 5.97 Å². The molecule has 0 unspecified atom stereocenters. The molecule has 0 atom stereocenters. The van der Waals surface area contributed by atoms with Gasteiger partial charge in [-0.15, -0.1) is 11.3 Å². The van der Waals surface area contributed by atoms with E-state index in [1.54, 1.807) is 29.1 Å². The van der Waals surface area contributed by atoms with Gasteiger partial charge in [0, 0.05) is 5.92 Å². The first-order valence-electron chi connectivity index (χ1n) is 8.69. The number of thiophene rings is 1. The molecule has 2 aromatic heterocycles. The molecule has 0 spiro atoms. The van der Waals surface area contributed by atoms with Gasteiger partial charge in [-0.1, -0.05) is 19.9 Å². The predicted octanol–water partition coefficient (Wildman–Crippen LogP) is 5.01. The van der Waals surface area contributed by atoms with Crippen LogP contribution in [-0.2, 0) is 0 Å². The van der Waals surface area contributed by atoms with E-state index < -0.39 is 0 Å². The van der Waals surface area contributed by atoms with Crippen LogP contribution in [0.1, 0.15) is 53.7 Å². The van der Waals surface area contributed by atoms with E-state index in [0.29, 0.717) is 21.3 Å². The highest BCUT2D eigenvalue weighted by Gasteiger charge is 2.15. The summed E-state index contributed by atoms with van der Waals surface area (Å²) in [4.78, 5) is 12.5. The summed E-state index contributed by atoms with van der Waals surface area (Å²) >= 11 is 6.64. The molecule has 0 radical (unpaired) electrons. The minimum atomic E-state index is -0.356. The second kappa shape index (κ2) is 8.88. The summed E-state index contributed by atoms with van der Waals surface area (Å²) in [6.07, 6.45) is 3.65. The molecule has 27 heavy (non-hydrogen) atoms. The van der Waals surface area contributed by atoms with Crippen molar-refractivity contribution in [1.82, 2.24) is 14.9 Å².